The molecule has 0 radical (unpaired) electrons. The van der Waals surface area contributed by atoms with Crippen LogP contribution in [-0.2, 0) is 21.7 Å². The van der Waals surface area contributed by atoms with E-state index in [0.717, 1.165) is 12.8 Å². The first-order valence-corrected chi connectivity index (χ1v) is 11.2. The Morgan fingerprint density at radius 1 is 0.579 bits per heavy atom. The van der Waals surface area contributed by atoms with E-state index >= 15 is 0 Å². The van der Waals surface area contributed by atoms with Crippen LogP contribution < -0.4 is 0 Å². The van der Waals surface area contributed by atoms with Gasteiger partial charge >= 0.3 is 127 Å². The van der Waals surface area contributed by atoms with Gasteiger partial charge in [0.2, 0.25) is 0 Å². The van der Waals surface area contributed by atoms with Crippen LogP contribution in [0.3, 0.4) is 0 Å². The number of hydrogen-bond donors (Lipinski definition) is 0. The number of hydrogen-bond acceptors (Lipinski definition) is 0. The van der Waals surface area contributed by atoms with Crippen molar-refractivity contribution in [3.63, 3.8) is 0 Å². The molecule has 0 aliphatic carbocycles. The third-order valence-electron chi connectivity index (χ3n) is 3.52. The monoisotopic (exact) mass is 358 g/mol. The molecule has 1 heteroatoms. The van der Waals surface area contributed by atoms with Crippen molar-refractivity contribution in [1.29, 1.82) is 0 Å². The van der Waals surface area contributed by atoms with E-state index in [-0.39, 0.29) is 21.1 Å². The zero-order valence-electron chi connectivity index (χ0n) is 11.9. The van der Waals surface area contributed by atoms with Gasteiger partial charge in [0.15, 0.2) is 0 Å². The summed E-state index contributed by atoms with van der Waals surface area (Å²) in [7, 11) is 0. The van der Waals surface area contributed by atoms with Crippen LogP contribution in [0, 0.1) is 0 Å². The van der Waals surface area contributed by atoms with Gasteiger partial charge in [-0.1, -0.05) is 0 Å². The van der Waals surface area contributed by atoms with Crippen LogP contribution in [0.25, 0.3) is 0 Å². The molecule has 2 aromatic carbocycles. The Kier molecular flexibility index (Phi) is 5.96. The standard InChI is InChI=1S/2C9H11.Sn/c2*1-3-9-6-4-8(2)5-7-9;/h2*4-7H,2-3H2,1H3;/q;;+2. The summed E-state index contributed by atoms with van der Waals surface area (Å²) in [5, 5.41) is 0. The molecule has 19 heavy (non-hydrogen) atoms. The van der Waals surface area contributed by atoms with E-state index in [1.165, 1.54) is 31.1 Å². The van der Waals surface area contributed by atoms with Gasteiger partial charge in [-0.05, 0) is 0 Å². The summed E-state index contributed by atoms with van der Waals surface area (Å²) in [6, 6.07) is 18.4. The molecule has 0 amide bonds. The predicted molar refractivity (Wildman–Crippen MR) is 84.8 cm³/mol. The molecular formula is C18H22Sn+2. The Balaban J connectivity index is 1.81. The van der Waals surface area contributed by atoms with E-state index < -0.39 is 0 Å². The first-order chi connectivity index (χ1) is 9.31. The zero-order chi connectivity index (χ0) is 13.5. The summed E-state index contributed by atoms with van der Waals surface area (Å²) < 4.78 is 2.70. The predicted octanol–water partition coefficient (Wildman–Crippen LogP) is 4.22. The van der Waals surface area contributed by atoms with E-state index in [2.05, 4.69) is 62.4 Å². The van der Waals surface area contributed by atoms with Gasteiger partial charge < -0.3 is 0 Å². The average molecular weight is 357 g/mol. The quantitative estimate of drug-likeness (QED) is 0.680. The molecule has 0 unspecified atom stereocenters. The molecule has 0 spiro atoms. The summed E-state index contributed by atoms with van der Waals surface area (Å²) in [5.74, 6) is 0. The molecule has 0 nitrogen and oxygen atoms in total. The summed E-state index contributed by atoms with van der Waals surface area (Å²) in [6.07, 6.45) is 2.29. The molecule has 2 rings (SSSR count). The van der Waals surface area contributed by atoms with Gasteiger partial charge in [-0.15, -0.1) is 0 Å². The molecule has 0 aliphatic rings. The van der Waals surface area contributed by atoms with E-state index in [1.807, 2.05) is 0 Å². The van der Waals surface area contributed by atoms with Crippen LogP contribution in [0.15, 0.2) is 48.5 Å². The molecule has 0 saturated heterocycles. The fourth-order valence-corrected chi connectivity index (χ4v) is 5.49. The van der Waals surface area contributed by atoms with E-state index in [1.54, 1.807) is 0 Å². The van der Waals surface area contributed by atoms with Crippen molar-refractivity contribution in [2.24, 2.45) is 0 Å². The van der Waals surface area contributed by atoms with Crippen molar-refractivity contribution in [3.05, 3.63) is 70.8 Å². The molecule has 0 saturated carbocycles. The van der Waals surface area contributed by atoms with Crippen molar-refractivity contribution >= 4 is 21.1 Å². The van der Waals surface area contributed by atoms with Crippen LogP contribution in [0.1, 0.15) is 36.1 Å². The molecule has 0 heterocycles. The maximum atomic E-state index is 2.32. The van der Waals surface area contributed by atoms with Gasteiger partial charge in [0.1, 0.15) is 0 Å². The van der Waals surface area contributed by atoms with E-state index in [0.29, 0.717) is 0 Å². The van der Waals surface area contributed by atoms with E-state index in [4.69, 9.17) is 0 Å². The number of rotatable bonds is 6. The first kappa shape index (κ1) is 14.6. The van der Waals surface area contributed by atoms with Crippen molar-refractivity contribution in [3.8, 4) is 0 Å². The Morgan fingerprint density at radius 2 is 0.895 bits per heavy atom. The summed E-state index contributed by atoms with van der Waals surface area (Å²) in [4.78, 5) is 0. The van der Waals surface area contributed by atoms with Crippen LogP contribution in [0.2, 0.25) is 0 Å². The zero-order valence-corrected chi connectivity index (χ0v) is 14.8. The van der Waals surface area contributed by atoms with Crippen molar-refractivity contribution in [1.82, 2.24) is 0 Å². The second-order valence-electron chi connectivity index (χ2n) is 4.94. The summed E-state index contributed by atoms with van der Waals surface area (Å²) in [6.45, 7) is 4.43. The average Bonchev–Trinajstić information content (AvgIpc) is 2.49. The molecule has 2 aromatic rings. The van der Waals surface area contributed by atoms with Gasteiger partial charge in [0.05, 0.1) is 0 Å². The minimum absolute atomic E-state index is 0.304. The Hall–Kier alpha value is -0.761. The van der Waals surface area contributed by atoms with Gasteiger partial charge in [-0.3, -0.25) is 0 Å². The number of aryl methyl sites for hydroxylation is 2. The normalized spacial score (nSPS) is 10.2. The van der Waals surface area contributed by atoms with Gasteiger partial charge in [0.25, 0.3) is 0 Å². The molecular weight excluding hydrogens is 335 g/mol. The Morgan fingerprint density at radius 3 is 1.21 bits per heavy atom. The van der Waals surface area contributed by atoms with Gasteiger partial charge in [-0.2, -0.15) is 0 Å². The fourth-order valence-electron chi connectivity index (χ4n) is 2.14. The second kappa shape index (κ2) is 7.74. The van der Waals surface area contributed by atoms with Crippen LogP contribution in [0.4, 0.5) is 0 Å². The molecule has 0 aromatic heterocycles. The molecule has 0 N–H and O–H groups in total. The van der Waals surface area contributed by atoms with Gasteiger partial charge in [-0.25, -0.2) is 0 Å². The SMILES string of the molecule is CCc1ccc([CH2][Sn+2][CH2]c2ccc(CC)cc2)cc1. The fraction of sp³-hybridized carbons (Fsp3) is 0.333. The summed E-state index contributed by atoms with van der Waals surface area (Å²) in [5.41, 5.74) is 5.97. The van der Waals surface area contributed by atoms with Crippen molar-refractivity contribution in [2.75, 3.05) is 0 Å². The molecule has 0 atom stereocenters. The van der Waals surface area contributed by atoms with Gasteiger partial charge in [0, 0.05) is 0 Å². The minimum atomic E-state index is -0.304. The Bertz CT molecular complexity index is 435. The molecule has 0 bridgehead atoms. The first-order valence-electron chi connectivity index (χ1n) is 7.18. The van der Waals surface area contributed by atoms with Crippen LogP contribution >= 0.6 is 0 Å². The topological polar surface area (TPSA) is 0 Å². The molecule has 96 valence electrons. The van der Waals surface area contributed by atoms with Crippen molar-refractivity contribution < 1.29 is 0 Å². The number of benzene rings is 2. The Labute approximate surface area is 127 Å². The molecule has 0 fully saturated rings. The third kappa shape index (κ3) is 4.68. The van der Waals surface area contributed by atoms with Crippen LogP contribution in [-0.4, -0.2) is 21.1 Å². The maximum absolute atomic E-state index is 2.32. The molecule has 0 aliphatic heterocycles. The van der Waals surface area contributed by atoms with E-state index in [9.17, 15) is 0 Å². The van der Waals surface area contributed by atoms with Crippen LogP contribution in [0.5, 0.6) is 0 Å². The second-order valence-corrected chi connectivity index (χ2v) is 8.39. The van der Waals surface area contributed by atoms with Crippen molar-refractivity contribution in [2.45, 2.75) is 35.6 Å². The summed E-state index contributed by atoms with van der Waals surface area (Å²) >= 11 is -0.304. The third-order valence-corrected chi connectivity index (χ3v) is 7.28.